The zero-order valence-corrected chi connectivity index (χ0v) is 18.8. The first-order valence-electron chi connectivity index (χ1n) is 9.73. The Kier molecular flexibility index (Phi) is 5.69. The molecule has 2 aromatic heterocycles. The van der Waals surface area contributed by atoms with Crippen LogP contribution in [0.5, 0.6) is 5.75 Å². The Morgan fingerprint density at radius 1 is 1.06 bits per heavy atom. The van der Waals surface area contributed by atoms with Crippen LogP contribution in [0.1, 0.15) is 25.5 Å². The lowest BCUT2D eigenvalue weighted by Gasteiger charge is -2.21. The molecule has 1 N–H and O–H groups in total. The Morgan fingerprint density at radius 3 is 2.42 bits per heavy atom. The number of pyridine rings is 1. The number of hydrogen-bond acceptors (Lipinski definition) is 5. The molecule has 0 radical (unpaired) electrons. The Balaban J connectivity index is 2.05. The van der Waals surface area contributed by atoms with E-state index in [0.29, 0.717) is 21.2 Å². The third-order valence-corrected chi connectivity index (χ3v) is 6.30. The molecule has 0 saturated carbocycles. The lowest BCUT2D eigenvalue weighted by Crippen LogP contribution is -2.26. The molecule has 0 amide bonds. The van der Waals surface area contributed by atoms with Crippen molar-refractivity contribution in [2.45, 2.75) is 36.6 Å². The third-order valence-electron chi connectivity index (χ3n) is 5.01. The molecule has 0 saturated heterocycles. The van der Waals surface area contributed by atoms with Crippen LogP contribution in [0, 0.1) is 6.92 Å². The highest BCUT2D eigenvalue weighted by Gasteiger charge is 2.25. The highest BCUT2D eigenvalue weighted by atomic mass is 35.5. The van der Waals surface area contributed by atoms with Gasteiger partial charge in [0.15, 0.2) is 11.3 Å². The number of rotatable bonds is 4. The fourth-order valence-corrected chi connectivity index (χ4v) is 4.81. The van der Waals surface area contributed by atoms with Gasteiger partial charge in [-0.15, -0.1) is 0 Å². The predicted molar refractivity (Wildman–Crippen MR) is 125 cm³/mol. The number of halogens is 1. The van der Waals surface area contributed by atoms with Gasteiger partial charge in [-0.25, -0.2) is 4.79 Å². The van der Waals surface area contributed by atoms with Gasteiger partial charge in [0, 0.05) is 21.5 Å². The van der Waals surface area contributed by atoms with Crippen LogP contribution in [-0.2, 0) is 0 Å². The minimum Gasteiger partial charge on any atom is -0.505 e. The zero-order valence-electron chi connectivity index (χ0n) is 17.2. The molecule has 0 aliphatic heterocycles. The summed E-state index contributed by atoms with van der Waals surface area (Å²) in [5.41, 5.74) is 1.07. The van der Waals surface area contributed by atoms with E-state index in [1.807, 2.05) is 44.2 Å². The Bertz CT molecular complexity index is 1410. The summed E-state index contributed by atoms with van der Waals surface area (Å²) in [7, 11) is 0. The minimum atomic E-state index is -0.709. The van der Waals surface area contributed by atoms with Crippen LogP contribution >= 0.6 is 23.4 Å². The number of aromatic hydroxyl groups is 1. The van der Waals surface area contributed by atoms with Crippen molar-refractivity contribution in [1.82, 2.24) is 4.57 Å². The van der Waals surface area contributed by atoms with Gasteiger partial charge in [0.05, 0.1) is 5.69 Å². The quantitative estimate of drug-likeness (QED) is 0.409. The second-order valence-corrected chi connectivity index (χ2v) is 8.96. The summed E-state index contributed by atoms with van der Waals surface area (Å²) in [4.78, 5) is 26.9. The maximum Gasteiger partial charge on any atom is 0.354 e. The number of aryl methyl sites for hydroxylation is 1. The van der Waals surface area contributed by atoms with E-state index in [0.717, 1.165) is 17.3 Å². The summed E-state index contributed by atoms with van der Waals surface area (Å²) in [6.45, 7) is 5.59. The number of benzene rings is 2. The van der Waals surface area contributed by atoms with Crippen molar-refractivity contribution >= 4 is 34.3 Å². The van der Waals surface area contributed by atoms with Gasteiger partial charge < -0.3 is 14.1 Å². The first kappa shape index (κ1) is 21.3. The number of fused-ring (bicyclic) bond motifs is 1. The van der Waals surface area contributed by atoms with Crippen LogP contribution in [0.2, 0.25) is 5.02 Å². The topological polar surface area (TPSA) is 72.4 Å². The van der Waals surface area contributed by atoms with E-state index in [1.54, 1.807) is 35.8 Å². The minimum absolute atomic E-state index is 0.00462. The van der Waals surface area contributed by atoms with Crippen molar-refractivity contribution in [3.63, 3.8) is 0 Å². The van der Waals surface area contributed by atoms with Crippen LogP contribution in [-0.4, -0.2) is 9.67 Å². The number of nitrogens with zero attached hydrogens (tertiary/aromatic N) is 1. The van der Waals surface area contributed by atoms with Crippen molar-refractivity contribution in [3.8, 4) is 17.0 Å². The van der Waals surface area contributed by atoms with Crippen LogP contribution < -0.4 is 11.2 Å². The van der Waals surface area contributed by atoms with E-state index in [4.69, 9.17) is 16.0 Å². The Morgan fingerprint density at radius 2 is 1.77 bits per heavy atom. The lowest BCUT2D eigenvalue weighted by molar-refractivity contribution is 0.444. The number of hydrogen-bond donors (Lipinski definition) is 1. The normalized spacial score (nSPS) is 11.4. The summed E-state index contributed by atoms with van der Waals surface area (Å²) in [5, 5.41) is 11.5. The largest absolute Gasteiger partial charge is 0.505 e. The molecule has 4 aromatic rings. The summed E-state index contributed by atoms with van der Waals surface area (Å²) < 4.78 is 7.23. The van der Waals surface area contributed by atoms with Gasteiger partial charge in [0.2, 0.25) is 0 Å². The average Bonchev–Trinajstić information content (AvgIpc) is 2.73. The molecule has 0 bridgehead atoms. The molecule has 2 aromatic carbocycles. The standard InChI is InChI=1S/C24H20ClNO4S/c1-13(2)26-19(15-8-5-4-6-9-15)14(3)21-18(23(26)28)20(27)22(24(29)30-21)31-17-11-7-10-16(25)12-17/h4-13,27H,1-3H3. The molecule has 0 fully saturated rings. The Hall–Kier alpha value is -2.96. The highest BCUT2D eigenvalue weighted by Crippen LogP contribution is 2.38. The molecule has 0 aliphatic carbocycles. The van der Waals surface area contributed by atoms with Crippen molar-refractivity contribution in [3.05, 3.63) is 86.0 Å². The molecule has 158 valence electrons. The molecular formula is C24H20ClNO4S. The van der Waals surface area contributed by atoms with E-state index in [-0.39, 0.29) is 27.7 Å². The van der Waals surface area contributed by atoms with Crippen LogP contribution in [0.25, 0.3) is 22.2 Å². The molecule has 2 heterocycles. The van der Waals surface area contributed by atoms with Crippen molar-refractivity contribution in [1.29, 1.82) is 0 Å². The van der Waals surface area contributed by atoms with Crippen LogP contribution in [0.3, 0.4) is 0 Å². The van der Waals surface area contributed by atoms with Crippen molar-refractivity contribution < 1.29 is 9.52 Å². The molecule has 4 rings (SSSR count). The van der Waals surface area contributed by atoms with E-state index in [1.165, 1.54) is 0 Å². The maximum atomic E-state index is 13.5. The van der Waals surface area contributed by atoms with Gasteiger partial charge in [-0.3, -0.25) is 4.79 Å². The van der Waals surface area contributed by atoms with E-state index in [2.05, 4.69) is 0 Å². The second-order valence-electron chi connectivity index (χ2n) is 7.44. The van der Waals surface area contributed by atoms with Gasteiger partial charge in [-0.05, 0) is 44.5 Å². The highest BCUT2D eigenvalue weighted by molar-refractivity contribution is 7.99. The van der Waals surface area contributed by atoms with E-state index in [9.17, 15) is 14.7 Å². The summed E-state index contributed by atoms with van der Waals surface area (Å²) in [5.74, 6) is -0.377. The molecular weight excluding hydrogens is 434 g/mol. The lowest BCUT2D eigenvalue weighted by atomic mass is 10.0. The molecule has 7 heteroatoms. The summed E-state index contributed by atoms with van der Waals surface area (Å²) in [6.07, 6.45) is 0. The molecule has 0 spiro atoms. The van der Waals surface area contributed by atoms with Crippen molar-refractivity contribution in [2.24, 2.45) is 0 Å². The van der Waals surface area contributed by atoms with Crippen LogP contribution in [0.4, 0.5) is 0 Å². The first-order chi connectivity index (χ1) is 14.8. The molecule has 0 atom stereocenters. The van der Waals surface area contributed by atoms with Gasteiger partial charge in [-0.1, -0.05) is 59.8 Å². The van der Waals surface area contributed by atoms with Crippen molar-refractivity contribution in [2.75, 3.05) is 0 Å². The number of aromatic nitrogens is 1. The molecule has 31 heavy (non-hydrogen) atoms. The van der Waals surface area contributed by atoms with Gasteiger partial charge in [0.1, 0.15) is 10.3 Å². The van der Waals surface area contributed by atoms with E-state index >= 15 is 0 Å². The van der Waals surface area contributed by atoms with Crippen LogP contribution in [0.15, 0.2) is 78.4 Å². The SMILES string of the molecule is Cc1c(-c2ccccc2)n(C(C)C)c(=O)c2c(O)c(Sc3cccc(Cl)c3)c(=O)oc12. The fourth-order valence-electron chi connectivity index (χ4n) is 3.66. The third kappa shape index (κ3) is 3.77. The van der Waals surface area contributed by atoms with E-state index < -0.39 is 11.2 Å². The summed E-state index contributed by atoms with van der Waals surface area (Å²) in [6, 6.07) is 16.2. The van der Waals surface area contributed by atoms with Gasteiger partial charge in [-0.2, -0.15) is 0 Å². The second kappa shape index (κ2) is 8.29. The maximum absolute atomic E-state index is 13.5. The summed E-state index contributed by atoms with van der Waals surface area (Å²) >= 11 is 7.04. The fraction of sp³-hybridized carbons (Fsp3) is 0.167. The zero-order chi connectivity index (χ0) is 22.3. The average molecular weight is 454 g/mol. The molecule has 0 aliphatic rings. The molecule has 5 nitrogen and oxygen atoms in total. The van der Waals surface area contributed by atoms with Gasteiger partial charge >= 0.3 is 5.63 Å². The predicted octanol–water partition coefficient (Wildman–Crippen LogP) is 6.02. The first-order valence-corrected chi connectivity index (χ1v) is 10.9. The van der Waals surface area contributed by atoms with Gasteiger partial charge in [0.25, 0.3) is 5.56 Å². The molecule has 0 unspecified atom stereocenters. The Labute approximate surface area is 187 Å². The smallest absolute Gasteiger partial charge is 0.354 e. The monoisotopic (exact) mass is 453 g/mol.